The zero-order chi connectivity index (χ0) is 26.2. The molecular weight excluding hydrogens is 482 g/mol. The number of fused-ring (bicyclic) bond motifs is 4. The summed E-state index contributed by atoms with van der Waals surface area (Å²) in [5, 5.41) is 15.2. The van der Waals surface area contributed by atoms with Crippen molar-refractivity contribution in [2.75, 3.05) is 19.7 Å². The van der Waals surface area contributed by atoms with Crippen LogP contribution >= 0.6 is 0 Å². The maximum absolute atomic E-state index is 11.9. The van der Waals surface area contributed by atoms with Gasteiger partial charge in [-0.2, -0.15) is 0 Å². The van der Waals surface area contributed by atoms with Crippen molar-refractivity contribution < 1.29 is 18.7 Å². The Hall–Kier alpha value is -2.46. The van der Waals surface area contributed by atoms with E-state index in [0.29, 0.717) is 43.1 Å². The molecule has 0 unspecified atom stereocenters. The lowest BCUT2D eigenvalue weighted by atomic mass is 9.89. The Morgan fingerprint density at radius 2 is 1.50 bits per heavy atom. The van der Waals surface area contributed by atoms with E-state index in [0.717, 1.165) is 43.2 Å². The molecule has 9 nitrogen and oxygen atoms in total. The Morgan fingerprint density at radius 1 is 0.868 bits per heavy atom. The molecule has 0 saturated heterocycles. The molecule has 0 radical (unpaired) electrons. The molecule has 208 valence electrons. The van der Waals surface area contributed by atoms with Crippen molar-refractivity contribution in [3.8, 4) is 5.75 Å². The van der Waals surface area contributed by atoms with Crippen LogP contribution in [0.5, 0.6) is 5.75 Å². The summed E-state index contributed by atoms with van der Waals surface area (Å²) in [6.45, 7) is 5.67. The first-order valence-corrected chi connectivity index (χ1v) is 14.5. The van der Waals surface area contributed by atoms with Crippen molar-refractivity contribution in [1.29, 1.82) is 0 Å². The monoisotopic (exact) mass is 525 g/mol. The van der Waals surface area contributed by atoms with Gasteiger partial charge in [-0.1, -0.05) is 25.7 Å². The van der Waals surface area contributed by atoms with Gasteiger partial charge in [0, 0.05) is 50.3 Å². The van der Waals surface area contributed by atoms with Crippen LogP contribution in [0, 0.1) is 0 Å². The zero-order valence-corrected chi connectivity index (χ0v) is 22.6. The number of hydrogen-bond acceptors (Lipinski definition) is 9. The van der Waals surface area contributed by atoms with Gasteiger partial charge in [0.15, 0.2) is 0 Å². The van der Waals surface area contributed by atoms with Gasteiger partial charge < -0.3 is 35.2 Å². The molecule has 3 aliphatic rings. The van der Waals surface area contributed by atoms with Crippen molar-refractivity contribution in [1.82, 2.24) is 26.3 Å². The van der Waals surface area contributed by atoms with E-state index in [9.17, 15) is 4.79 Å². The van der Waals surface area contributed by atoms with Crippen LogP contribution in [0.1, 0.15) is 86.0 Å². The maximum Gasteiger partial charge on any atom is 0.374 e. The van der Waals surface area contributed by atoms with Gasteiger partial charge in [-0.15, -0.1) is 0 Å². The van der Waals surface area contributed by atoms with Gasteiger partial charge in [0.2, 0.25) is 5.76 Å². The van der Waals surface area contributed by atoms with Gasteiger partial charge in [-0.05, 0) is 56.9 Å². The number of nitrogens with zero attached hydrogens (tertiary/aromatic N) is 1. The zero-order valence-electron chi connectivity index (χ0n) is 22.6. The fourth-order valence-electron chi connectivity index (χ4n) is 6.02. The lowest BCUT2D eigenvalue weighted by Crippen LogP contribution is -2.53. The Balaban J connectivity index is 1.31. The van der Waals surface area contributed by atoms with Crippen LogP contribution in [-0.2, 0) is 24.4 Å². The Kier molecular flexibility index (Phi) is 9.67. The molecule has 2 aromatic rings. The van der Waals surface area contributed by atoms with E-state index >= 15 is 0 Å². The van der Waals surface area contributed by atoms with Gasteiger partial charge >= 0.3 is 5.97 Å². The summed E-state index contributed by atoms with van der Waals surface area (Å²) in [5.41, 5.74) is 1.92. The Bertz CT molecular complexity index is 1040. The number of rotatable bonds is 5. The third-order valence-electron chi connectivity index (χ3n) is 8.05. The van der Waals surface area contributed by atoms with Gasteiger partial charge in [0.05, 0.1) is 18.0 Å². The van der Waals surface area contributed by atoms with E-state index in [1.54, 1.807) is 19.1 Å². The summed E-state index contributed by atoms with van der Waals surface area (Å²) in [6, 6.07) is 9.28. The molecule has 9 heteroatoms. The summed E-state index contributed by atoms with van der Waals surface area (Å²) in [7, 11) is 0. The smallest absolute Gasteiger partial charge is 0.374 e. The molecule has 0 amide bonds. The molecule has 1 aliphatic heterocycles. The van der Waals surface area contributed by atoms with Crippen molar-refractivity contribution >= 4 is 5.97 Å². The minimum absolute atomic E-state index is 0.190. The maximum atomic E-state index is 11.9. The summed E-state index contributed by atoms with van der Waals surface area (Å²) in [6.07, 6.45) is 9.88. The molecule has 0 spiro atoms. The van der Waals surface area contributed by atoms with Crippen LogP contribution in [-0.4, -0.2) is 54.8 Å². The van der Waals surface area contributed by atoms with Crippen molar-refractivity contribution in [2.45, 2.75) is 102 Å². The van der Waals surface area contributed by atoms with E-state index in [2.05, 4.69) is 21.3 Å². The fourth-order valence-corrected chi connectivity index (χ4v) is 6.02. The van der Waals surface area contributed by atoms with Crippen LogP contribution in [0.2, 0.25) is 0 Å². The van der Waals surface area contributed by atoms with E-state index in [1.165, 1.54) is 44.9 Å². The molecule has 2 aromatic heterocycles. The van der Waals surface area contributed by atoms with Gasteiger partial charge in [-0.25, -0.2) is 4.79 Å². The van der Waals surface area contributed by atoms with Gasteiger partial charge in [0.1, 0.15) is 18.1 Å². The SMILES string of the molecule is CCOC(=O)c1ccc(COc2ccc3nc2CN[C@@H]2CCCC[C@H]2NCCN[C@@H]2CCCC[C@H]2NC3)o1. The molecule has 2 bridgehead atoms. The minimum atomic E-state index is -0.461. The number of hydrogen-bond donors (Lipinski definition) is 4. The number of ether oxygens (including phenoxy) is 2. The lowest BCUT2D eigenvalue weighted by molar-refractivity contribution is 0.0486. The molecule has 3 heterocycles. The van der Waals surface area contributed by atoms with E-state index < -0.39 is 5.97 Å². The number of carbonyl (C=O) groups is 1. The summed E-state index contributed by atoms with van der Waals surface area (Å²) in [5.74, 6) is 1.04. The molecule has 0 aromatic carbocycles. The van der Waals surface area contributed by atoms with E-state index in [1.807, 2.05) is 12.1 Å². The number of pyridine rings is 1. The quantitative estimate of drug-likeness (QED) is 0.437. The van der Waals surface area contributed by atoms with E-state index in [-0.39, 0.29) is 12.4 Å². The normalized spacial score (nSPS) is 26.8. The molecule has 5 rings (SSSR count). The summed E-state index contributed by atoms with van der Waals surface area (Å²) in [4.78, 5) is 17.0. The highest BCUT2D eigenvalue weighted by Gasteiger charge is 2.27. The predicted molar refractivity (Wildman–Crippen MR) is 145 cm³/mol. The van der Waals surface area contributed by atoms with Crippen molar-refractivity contribution in [3.63, 3.8) is 0 Å². The van der Waals surface area contributed by atoms with Crippen LogP contribution in [0.25, 0.3) is 0 Å². The lowest BCUT2D eigenvalue weighted by Gasteiger charge is -2.34. The second-order valence-corrected chi connectivity index (χ2v) is 10.7. The highest BCUT2D eigenvalue weighted by atomic mass is 16.5. The van der Waals surface area contributed by atoms with Crippen LogP contribution < -0.4 is 26.0 Å². The molecule has 4 N–H and O–H groups in total. The Morgan fingerprint density at radius 3 is 2.16 bits per heavy atom. The second-order valence-electron chi connectivity index (χ2n) is 10.7. The Labute approximate surface area is 225 Å². The molecule has 2 fully saturated rings. The van der Waals surface area contributed by atoms with Crippen LogP contribution in [0.3, 0.4) is 0 Å². The van der Waals surface area contributed by atoms with Crippen LogP contribution in [0.4, 0.5) is 0 Å². The second kappa shape index (κ2) is 13.6. The van der Waals surface area contributed by atoms with Crippen molar-refractivity contribution in [3.05, 3.63) is 47.2 Å². The first kappa shape index (κ1) is 27.1. The number of nitrogens with one attached hydrogen (secondary N) is 4. The largest absolute Gasteiger partial charge is 0.484 e. The fraction of sp³-hybridized carbons (Fsp3) is 0.655. The van der Waals surface area contributed by atoms with E-state index in [4.69, 9.17) is 18.9 Å². The van der Waals surface area contributed by atoms with Crippen molar-refractivity contribution in [2.24, 2.45) is 0 Å². The van der Waals surface area contributed by atoms with Crippen LogP contribution in [0.15, 0.2) is 28.7 Å². The predicted octanol–water partition coefficient (Wildman–Crippen LogP) is 3.42. The third-order valence-corrected chi connectivity index (χ3v) is 8.05. The molecule has 2 aliphatic carbocycles. The number of aromatic nitrogens is 1. The average Bonchev–Trinajstić information content (AvgIpc) is 3.42. The standard InChI is InChI=1S/C29H43N5O4/c1-2-36-29(35)28-14-12-21(38-28)19-37-27-13-11-20-17-32-24-9-5-3-7-22(24)30-15-16-31-23-8-4-6-10-25(23)33-18-26(27)34-20/h11-14,22-25,30-33H,2-10,15-19H2,1H3/t22-,23-,24-,25-/m1/s1. The summed E-state index contributed by atoms with van der Waals surface area (Å²) >= 11 is 0. The molecular formula is C29H43N5O4. The average molecular weight is 526 g/mol. The first-order valence-electron chi connectivity index (χ1n) is 14.5. The molecule has 2 saturated carbocycles. The minimum Gasteiger partial charge on any atom is -0.484 e. The summed E-state index contributed by atoms with van der Waals surface area (Å²) < 4.78 is 16.8. The molecule has 38 heavy (non-hydrogen) atoms. The van der Waals surface area contributed by atoms with Gasteiger partial charge in [-0.3, -0.25) is 4.98 Å². The number of carbonyl (C=O) groups excluding carboxylic acids is 1. The number of esters is 1. The van der Waals surface area contributed by atoms with Gasteiger partial charge in [0.25, 0.3) is 0 Å². The number of furan rings is 1. The highest BCUT2D eigenvalue weighted by molar-refractivity contribution is 5.86. The highest BCUT2D eigenvalue weighted by Crippen LogP contribution is 2.24. The first-order chi connectivity index (χ1) is 18.7. The third kappa shape index (κ3) is 7.14. The molecule has 4 atom stereocenters. The topological polar surface area (TPSA) is 110 Å².